The summed E-state index contributed by atoms with van der Waals surface area (Å²) in [5.74, 6) is -0.157. The van der Waals surface area contributed by atoms with E-state index < -0.39 is 0 Å². The lowest BCUT2D eigenvalue weighted by atomic mass is 10.0. The Morgan fingerprint density at radius 1 is 0.946 bits per heavy atom. The second kappa shape index (κ2) is 8.34. The SMILES string of the molecule is O=C(Nc1cncc(-c2ccc3[nH]nc(-c4cc5c(-c6cccc(F)c6)cncc5[nH]4)c3n2)c1)C1CC1. The molecule has 1 aliphatic rings. The molecule has 0 unspecified atom stereocenters. The first-order valence-electron chi connectivity index (χ1n) is 12.0. The highest BCUT2D eigenvalue weighted by Crippen LogP contribution is 2.34. The third-order valence-corrected chi connectivity index (χ3v) is 6.59. The lowest BCUT2D eigenvalue weighted by molar-refractivity contribution is -0.117. The molecule has 6 aromatic rings. The summed E-state index contributed by atoms with van der Waals surface area (Å²) in [6.45, 7) is 0. The van der Waals surface area contributed by atoms with Gasteiger partial charge in [0, 0.05) is 34.8 Å². The van der Waals surface area contributed by atoms with Crippen LogP contribution >= 0.6 is 0 Å². The molecule has 3 N–H and O–H groups in total. The highest BCUT2D eigenvalue weighted by molar-refractivity contribution is 6.00. The quantitative estimate of drug-likeness (QED) is 0.287. The van der Waals surface area contributed by atoms with Gasteiger partial charge in [-0.1, -0.05) is 12.1 Å². The monoisotopic (exact) mass is 489 g/mol. The summed E-state index contributed by atoms with van der Waals surface area (Å²) in [7, 11) is 0. The fourth-order valence-electron chi connectivity index (χ4n) is 4.55. The lowest BCUT2D eigenvalue weighted by Crippen LogP contribution is -2.13. The summed E-state index contributed by atoms with van der Waals surface area (Å²) in [4.78, 5) is 29.1. The van der Waals surface area contributed by atoms with Gasteiger partial charge in [0.2, 0.25) is 5.91 Å². The van der Waals surface area contributed by atoms with Crippen molar-refractivity contribution in [3.63, 3.8) is 0 Å². The van der Waals surface area contributed by atoms with E-state index in [-0.39, 0.29) is 17.6 Å². The Morgan fingerprint density at radius 2 is 1.84 bits per heavy atom. The maximum Gasteiger partial charge on any atom is 0.227 e. The number of H-pyrrole nitrogens is 2. The van der Waals surface area contributed by atoms with E-state index in [1.165, 1.54) is 12.1 Å². The Kier molecular flexibility index (Phi) is 4.81. The number of amides is 1. The van der Waals surface area contributed by atoms with Crippen LogP contribution in [0.5, 0.6) is 0 Å². The number of nitrogens with zero attached hydrogens (tertiary/aromatic N) is 4. The standard InChI is InChI=1S/C28H20FN7O/c29-18-3-1-2-16(8-18)21-13-31-14-25-20(21)10-24(33-25)27-26-23(35-36-27)7-6-22(34-26)17-9-19(12-30-11-17)32-28(37)15-4-5-15/h1-3,6-15,33H,4-5H2,(H,32,37)(H,35,36). The Labute approximate surface area is 210 Å². The lowest BCUT2D eigenvalue weighted by Gasteiger charge is -2.06. The number of hydrogen-bond donors (Lipinski definition) is 3. The van der Waals surface area contributed by atoms with Crippen molar-refractivity contribution in [2.45, 2.75) is 12.8 Å². The fraction of sp³-hybridized carbons (Fsp3) is 0.107. The molecular weight excluding hydrogens is 469 g/mol. The molecule has 1 fully saturated rings. The van der Waals surface area contributed by atoms with Gasteiger partial charge in [0.15, 0.2) is 0 Å². The van der Waals surface area contributed by atoms with Crippen LogP contribution in [0.1, 0.15) is 12.8 Å². The summed E-state index contributed by atoms with van der Waals surface area (Å²) >= 11 is 0. The first-order valence-corrected chi connectivity index (χ1v) is 12.0. The first-order chi connectivity index (χ1) is 18.1. The number of benzene rings is 1. The van der Waals surface area contributed by atoms with Gasteiger partial charge < -0.3 is 10.3 Å². The predicted molar refractivity (Wildman–Crippen MR) is 139 cm³/mol. The van der Waals surface area contributed by atoms with Crippen LogP contribution < -0.4 is 5.32 Å². The zero-order valence-electron chi connectivity index (χ0n) is 19.5. The van der Waals surface area contributed by atoms with Crippen molar-refractivity contribution in [3.05, 3.63) is 79.1 Å². The van der Waals surface area contributed by atoms with Gasteiger partial charge >= 0.3 is 0 Å². The van der Waals surface area contributed by atoms with Gasteiger partial charge in [-0.2, -0.15) is 5.10 Å². The minimum Gasteiger partial charge on any atom is -0.352 e. The van der Waals surface area contributed by atoms with Gasteiger partial charge in [-0.25, -0.2) is 9.37 Å². The highest BCUT2D eigenvalue weighted by atomic mass is 19.1. The van der Waals surface area contributed by atoms with Crippen molar-refractivity contribution in [2.75, 3.05) is 5.32 Å². The maximum absolute atomic E-state index is 13.9. The van der Waals surface area contributed by atoms with Gasteiger partial charge in [-0.3, -0.25) is 19.9 Å². The average molecular weight is 490 g/mol. The number of aromatic amines is 2. The molecule has 0 spiro atoms. The van der Waals surface area contributed by atoms with Gasteiger partial charge in [0.1, 0.15) is 17.0 Å². The van der Waals surface area contributed by atoms with E-state index in [0.717, 1.165) is 51.6 Å². The summed E-state index contributed by atoms with van der Waals surface area (Å²) in [5, 5.41) is 11.4. The molecule has 8 nitrogen and oxygen atoms in total. The minimum atomic E-state index is -0.300. The van der Waals surface area contributed by atoms with Crippen LogP contribution in [0.3, 0.4) is 0 Å². The number of carbonyl (C=O) groups excluding carboxylic acids is 1. The molecule has 37 heavy (non-hydrogen) atoms. The molecule has 180 valence electrons. The smallest absolute Gasteiger partial charge is 0.227 e. The predicted octanol–water partition coefficient (Wildman–Crippen LogP) is 5.72. The molecule has 0 bridgehead atoms. The number of pyridine rings is 3. The molecule has 0 atom stereocenters. The third-order valence-electron chi connectivity index (χ3n) is 6.59. The van der Waals surface area contributed by atoms with E-state index >= 15 is 0 Å². The Balaban J connectivity index is 1.28. The van der Waals surface area contributed by atoms with Crippen LogP contribution in [0.2, 0.25) is 0 Å². The molecule has 5 heterocycles. The Bertz CT molecular complexity index is 1820. The van der Waals surface area contributed by atoms with E-state index in [1.54, 1.807) is 30.9 Å². The molecule has 0 radical (unpaired) electrons. The van der Waals surface area contributed by atoms with Crippen molar-refractivity contribution in [2.24, 2.45) is 5.92 Å². The molecule has 0 aliphatic heterocycles. The summed E-state index contributed by atoms with van der Waals surface area (Å²) in [6, 6.07) is 14.1. The molecule has 1 aromatic carbocycles. The minimum absolute atomic E-state index is 0.0328. The van der Waals surface area contributed by atoms with Crippen LogP contribution in [0.25, 0.3) is 55.7 Å². The van der Waals surface area contributed by atoms with Crippen molar-refractivity contribution >= 4 is 33.5 Å². The van der Waals surface area contributed by atoms with Gasteiger partial charge in [0.25, 0.3) is 0 Å². The highest BCUT2D eigenvalue weighted by Gasteiger charge is 2.29. The van der Waals surface area contributed by atoms with E-state index in [0.29, 0.717) is 22.6 Å². The number of carbonyl (C=O) groups is 1. The van der Waals surface area contributed by atoms with Gasteiger partial charge in [0.05, 0.1) is 40.5 Å². The number of rotatable bonds is 5. The number of hydrogen-bond acceptors (Lipinski definition) is 5. The van der Waals surface area contributed by atoms with Crippen LogP contribution in [0, 0.1) is 11.7 Å². The third kappa shape index (κ3) is 3.90. The second-order valence-electron chi connectivity index (χ2n) is 9.23. The molecule has 1 amide bonds. The van der Waals surface area contributed by atoms with Gasteiger partial charge in [-0.15, -0.1) is 0 Å². The van der Waals surface area contributed by atoms with Crippen molar-refractivity contribution in [1.82, 2.24) is 30.1 Å². The zero-order chi connectivity index (χ0) is 24.9. The van der Waals surface area contributed by atoms with Crippen molar-refractivity contribution < 1.29 is 9.18 Å². The Morgan fingerprint density at radius 3 is 2.70 bits per heavy atom. The largest absolute Gasteiger partial charge is 0.352 e. The molecule has 1 saturated carbocycles. The summed E-state index contributed by atoms with van der Waals surface area (Å²) < 4.78 is 13.9. The molecule has 7 rings (SSSR count). The maximum atomic E-state index is 13.9. The number of anilines is 1. The number of fused-ring (bicyclic) bond motifs is 2. The van der Waals surface area contributed by atoms with Crippen molar-refractivity contribution in [1.29, 1.82) is 0 Å². The second-order valence-corrected chi connectivity index (χ2v) is 9.23. The molecule has 1 aliphatic carbocycles. The van der Waals surface area contributed by atoms with E-state index in [9.17, 15) is 9.18 Å². The van der Waals surface area contributed by atoms with E-state index in [2.05, 4.69) is 30.5 Å². The van der Waals surface area contributed by atoms with E-state index in [4.69, 9.17) is 4.98 Å². The van der Waals surface area contributed by atoms with Gasteiger partial charge in [-0.05, 0) is 54.8 Å². The van der Waals surface area contributed by atoms with Crippen LogP contribution in [0.15, 0.2) is 73.3 Å². The fourth-order valence-corrected chi connectivity index (χ4v) is 4.55. The van der Waals surface area contributed by atoms with Crippen LogP contribution in [-0.2, 0) is 4.79 Å². The summed E-state index contributed by atoms with van der Waals surface area (Å²) in [6.07, 6.45) is 8.71. The normalized spacial score (nSPS) is 13.3. The van der Waals surface area contributed by atoms with Crippen LogP contribution in [-0.4, -0.2) is 36.0 Å². The molecule has 9 heteroatoms. The number of aromatic nitrogens is 6. The molecule has 5 aromatic heterocycles. The summed E-state index contributed by atoms with van der Waals surface area (Å²) in [5.41, 5.74) is 7.43. The van der Waals surface area contributed by atoms with E-state index in [1.807, 2.05) is 30.3 Å². The zero-order valence-corrected chi connectivity index (χ0v) is 19.5. The number of nitrogens with one attached hydrogen (secondary N) is 3. The molecule has 0 saturated heterocycles. The topological polar surface area (TPSA) is 112 Å². The van der Waals surface area contributed by atoms with Crippen molar-refractivity contribution in [3.8, 4) is 33.8 Å². The first kappa shape index (κ1) is 21.4. The average Bonchev–Trinajstić information content (AvgIpc) is 3.55. The number of halogens is 1. The Hall–Kier alpha value is -4.92. The van der Waals surface area contributed by atoms with Crippen LogP contribution in [0.4, 0.5) is 10.1 Å². The molecular formula is C28H20FN7O.